The highest BCUT2D eigenvalue weighted by molar-refractivity contribution is 5.65. The van der Waals surface area contributed by atoms with Crippen LogP contribution in [0.5, 0.6) is 0 Å². The summed E-state index contributed by atoms with van der Waals surface area (Å²) in [6, 6.07) is 0. The van der Waals surface area contributed by atoms with Crippen molar-refractivity contribution in [1.29, 1.82) is 0 Å². The van der Waals surface area contributed by atoms with Crippen LogP contribution < -0.4 is 0 Å². The van der Waals surface area contributed by atoms with Crippen molar-refractivity contribution < 1.29 is 9.90 Å². The molecule has 0 bridgehead atoms. The van der Waals surface area contributed by atoms with Gasteiger partial charge in [0, 0.05) is 32.0 Å². The van der Waals surface area contributed by atoms with Gasteiger partial charge in [0.1, 0.15) is 0 Å². The Morgan fingerprint density at radius 1 is 1.53 bits per heavy atom. The third-order valence-electron chi connectivity index (χ3n) is 3.35. The lowest BCUT2D eigenvalue weighted by molar-refractivity contribution is 0.130. The summed E-state index contributed by atoms with van der Waals surface area (Å²) in [4.78, 5) is 14.5. The monoisotopic (exact) mass is 264 g/mol. The van der Waals surface area contributed by atoms with E-state index in [-0.39, 0.29) is 0 Å². The minimum atomic E-state index is -0.809. The molecular formula is C15H24N2O2. The highest BCUT2D eigenvalue weighted by Crippen LogP contribution is 2.16. The van der Waals surface area contributed by atoms with E-state index in [9.17, 15) is 4.79 Å². The van der Waals surface area contributed by atoms with Crippen molar-refractivity contribution in [3.8, 4) is 11.8 Å². The average molecular weight is 264 g/mol. The van der Waals surface area contributed by atoms with Gasteiger partial charge in [-0.05, 0) is 32.9 Å². The number of amides is 1. The van der Waals surface area contributed by atoms with Crippen LogP contribution in [0.4, 0.5) is 4.79 Å². The van der Waals surface area contributed by atoms with Crippen molar-refractivity contribution in [2.45, 2.75) is 25.7 Å². The SMILES string of the molecule is C=CCN(C)CCCC#CC1CCN(C(=O)O)CC1. The second-order valence-corrected chi connectivity index (χ2v) is 5.02. The first kappa shape index (κ1) is 15.6. The predicted molar refractivity (Wildman–Crippen MR) is 77.0 cm³/mol. The highest BCUT2D eigenvalue weighted by Gasteiger charge is 2.20. The number of nitrogens with zero attached hydrogens (tertiary/aromatic N) is 2. The molecule has 0 atom stereocenters. The Labute approximate surface area is 116 Å². The normalized spacial score (nSPS) is 16.0. The summed E-state index contributed by atoms with van der Waals surface area (Å²) in [5.74, 6) is 6.88. The number of carboxylic acid groups (broad SMARTS) is 1. The zero-order chi connectivity index (χ0) is 14.1. The lowest BCUT2D eigenvalue weighted by Gasteiger charge is -2.27. The lowest BCUT2D eigenvalue weighted by atomic mass is 9.97. The fourth-order valence-electron chi connectivity index (χ4n) is 2.18. The topological polar surface area (TPSA) is 43.8 Å². The molecule has 1 heterocycles. The van der Waals surface area contributed by atoms with Gasteiger partial charge >= 0.3 is 6.09 Å². The number of likely N-dealkylation sites (N-methyl/N-ethyl adjacent to an activating group) is 1. The maximum Gasteiger partial charge on any atom is 0.407 e. The number of rotatable bonds is 5. The molecule has 1 aliphatic heterocycles. The molecule has 1 saturated heterocycles. The van der Waals surface area contributed by atoms with Crippen LogP contribution in [0.2, 0.25) is 0 Å². The minimum absolute atomic E-state index is 0.376. The fraction of sp³-hybridized carbons (Fsp3) is 0.667. The highest BCUT2D eigenvalue weighted by atomic mass is 16.4. The fourth-order valence-corrected chi connectivity index (χ4v) is 2.18. The van der Waals surface area contributed by atoms with Crippen LogP contribution in [-0.2, 0) is 0 Å². The molecule has 19 heavy (non-hydrogen) atoms. The van der Waals surface area contributed by atoms with Crippen LogP contribution in [0.3, 0.4) is 0 Å². The zero-order valence-electron chi connectivity index (χ0n) is 11.8. The summed E-state index contributed by atoms with van der Waals surface area (Å²) in [7, 11) is 2.08. The molecule has 1 fully saturated rings. The van der Waals surface area contributed by atoms with Gasteiger partial charge in [0.15, 0.2) is 0 Å². The van der Waals surface area contributed by atoms with E-state index in [2.05, 4.69) is 30.4 Å². The number of hydrogen-bond donors (Lipinski definition) is 1. The molecular weight excluding hydrogens is 240 g/mol. The van der Waals surface area contributed by atoms with Crippen molar-refractivity contribution in [1.82, 2.24) is 9.80 Å². The Balaban J connectivity index is 2.14. The molecule has 4 heteroatoms. The summed E-state index contributed by atoms with van der Waals surface area (Å²) in [5, 5.41) is 8.84. The maximum atomic E-state index is 10.8. The van der Waals surface area contributed by atoms with Gasteiger partial charge in [0.25, 0.3) is 0 Å². The Bertz CT molecular complexity index is 349. The average Bonchev–Trinajstić information content (AvgIpc) is 2.39. The third kappa shape index (κ3) is 6.30. The Morgan fingerprint density at radius 2 is 2.21 bits per heavy atom. The first-order valence-electron chi connectivity index (χ1n) is 6.89. The maximum absolute atomic E-state index is 10.8. The van der Waals surface area contributed by atoms with Crippen molar-refractivity contribution in [3.63, 3.8) is 0 Å². The first-order valence-corrected chi connectivity index (χ1v) is 6.89. The second kappa shape index (κ2) is 8.60. The molecule has 0 saturated carbocycles. The van der Waals surface area contributed by atoms with Crippen LogP contribution in [0.1, 0.15) is 25.7 Å². The van der Waals surface area contributed by atoms with Crippen molar-refractivity contribution in [3.05, 3.63) is 12.7 Å². The molecule has 0 radical (unpaired) electrons. The van der Waals surface area contributed by atoms with E-state index in [0.717, 1.165) is 38.8 Å². The van der Waals surface area contributed by atoms with Crippen LogP contribution in [-0.4, -0.2) is 54.2 Å². The largest absolute Gasteiger partial charge is 0.465 e. The predicted octanol–water partition coefficient (Wildman–Crippen LogP) is 2.28. The molecule has 4 nitrogen and oxygen atoms in total. The molecule has 0 aromatic rings. The summed E-state index contributed by atoms with van der Waals surface area (Å²) in [5.41, 5.74) is 0. The summed E-state index contributed by atoms with van der Waals surface area (Å²) < 4.78 is 0. The summed E-state index contributed by atoms with van der Waals surface area (Å²) in [6.07, 6.45) is 4.83. The van der Waals surface area contributed by atoms with E-state index in [1.165, 1.54) is 4.90 Å². The standard InChI is InChI=1S/C15H24N2O2/c1-3-10-16(2)11-6-4-5-7-14-8-12-17(13-9-14)15(18)19/h3,14H,1,4,6,8-13H2,2H3,(H,18,19). The molecule has 1 rings (SSSR count). The Morgan fingerprint density at radius 3 is 2.79 bits per heavy atom. The molecule has 1 amide bonds. The molecule has 0 aliphatic carbocycles. The molecule has 0 aromatic carbocycles. The number of carbonyl (C=O) groups is 1. The molecule has 1 aliphatic rings. The van der Waals surface area contributed by atoms with Crippen molar-refractivity contribution in [2.75, 3.05) is 33.2 Å². The minimum Gasteiger partial charge on any atom is -0.465 e. The van der Waals surface area contributed by atoms with Gasteiger partial charge in [0.2, 0.25) is 0 Å². The van der Waals surface area contributed by atoms with Crippen molar-refractivity contribution >= 4 is 6.09 Å². The lowest BCUT2D eigenvalue weighted by Crippen LogP contribution is -2.37. The van der Waals surface area contributed by atoms with Gasteiger partial charge < -0.3 is 14.9 Å². The number of unbranched alkanes of at least 4 members (excludes halogenated alkanes) is 1. The Hall–Kier alpha value is -1.47. The van der Waals surface area contributed by atoms with E-state index < -0.39 is 6.09 Å². The summed E-state index contributed by atoms with van der Waals surface area (Å²) >= 11 is 0. The van der Waals surface area contributed by atoms with Gasteiger partial charge in [-0.15, -0.1) is 12.5 Å². The van der Waals surface area contributed by atoms with E-state index in [4.69, 9.17) is 5.11 Å². The van der Waals surface area contributed by atoms with Gasteiger partial charge in [-0.2, -0.15) is 0 Å². The second-order valence-electron chi connectivity index (χ2n) is 5.02. The molecule has 0 unspecified atom stereocenters. The number of hydrogen-bond acceptors (Lipinski definition) is 2. The van der Waals surface area contributed by atoms with Crippen LogP contribution in [0, 0.1) is 17.8 Å². The zero-order valence-corrected chi connectivity index (χ0v) is 11.8. The van der Waals surface area contributed by atoms with Gasteiger partial charge in [-0.3, -0.25) is 0 Å². The van der Waals surface area contributed by atoms with Gasteiger partial charge in [-0.25, -0.2) is 4.79 Å². The molecule has 1 N–H and O–H groups in total. The molecule has 0 spiro atoms. The summed E-state index contributed by atoms with van der Waals surface area (Å²) in [6.45, 7) is 6.91. The first-order chi connectivity index (χ1) is 9.13. The van der Waals surface area contributed by atoms with E-state index in [1.54, 1.807) is 0 Å². The van der Waals surface area contributed by atoms with Crippen LogP contribution >= 0.6 is 0 Å². The Kier molecular flexibility index (Phi) is 7.06. The van der Waals surface area contributed by atoms with Crippen LogP contribution in [0.25, 0.3) is 0 Å². The molecule has 0 aromatic heterocycles. The van der Waals surface area contributed by atoms with Gasteiger partial charge in [-0.1, -0.05) is 12.0 Å². The van der Waals surface area contributed by atoms with E-state index in [1.807, 2.05) is 6.08 Å². The van der Waals surface area contributed by atoms with Crippen LogP contribution in [0.15, 0.2) is 12.7 Å². The third-order valence-corrected chi connectivity index (χ3v) is 3.35. The smallest absolute Gasteiger partial charge is 0.407 e. The number of likely N-dealkylation sites (tertiary alicyclic amines) is 1. The van der Waals surface area contributed by atoms with E-state index >= 15 is 0 Å². The number of piperidine rings is 1. The van der Waals surface area contributed by atoms with E-state index in [0.29, 0.717) is 19.0 Å². The van der Waals surface area contributed by atoms with Crippen molar-refractivity contribution in [2.24, 2.45) is 5.92 Å². The quantitative estimate of drug-likeness (QED) is 0.470. The van der Waals surface area contributed by atoms with Gasteiger partial charge in [0.05, 0.1) is 0 Å². The molecule has 106 valence electrons.